The zero-order chi connectivity index (χ0) is 15.1. The van der Waals surface area contributed by atoms with Crippen LogP contribution in [0.5, 0.6) is 0 Å². The van der Waals surface area contributed by atoms with E-state index in [4.69, 9.17) is 0 Å². The molecule has 114 valence electrons. The third kappa shape index (κ3) is 2.22. The van der Waals surface area contributed by atoms with Gasteiger partial charge in [0.1, 0.15) is 0 Å². The number of hydrogen-bond acceptors (Lipinski definition) is 3. The summed E-state index contributed by atoms with van der Waals surface area (Å²) in [6, 6.07) is 7.65. The summed E-state index contributed by atoms with van der Waals surface area (Å²) in [6.45, 7) is 0.831. The summed E-state index contributed by atoms with van der Waals surface area (Å²) < 4.78 is 2.10. The van der Waals surface area contributed by atoms with Crippen LogP contribution in [-0.4, -0.2) is 26.7 Å². The van der Waals surface area contributed by atoms with Gasteiger partial charge in [-0.2, -0.15) is 0 Å². The minimum atomic E-state index is -0.532. The first-order valence-electron chi connectivity index (χ1n) is 7.77. The maximum atomic E-state index is 12.6. The Kier molecular flexibility index (Phi) is 3.22. The summed E-state index contributed by atoms with van der Waals surface area (Å²) in [4.78, 5) is 16.7. The lowest BCUT2D eigenvalue weighted by molar-refractivity contribution is -0.127. The molecule has 4 rings (SSSR count). The molecule has 2 aromatic rings. The number of aromatic nitrogens is 2. The van der Waals surface area contributed by atoms with E-state index in [1.807, 2.05) is 36.8 Å². The third-order valence-electron chi connectivity index (χ3n) is 4.85. The van der Waals surface area contributed by atoms with E-state index >= 15 is 0 Å². The van der Waals surface area contributed by atoms with Crippen molar-refractivity contribution in [2.75, 3.05) is 0 Å². The number of nitrogens with one attached hydrogen (secondary N) is 1. The van der Waals surface area contributed by atoms with E-state index in [9.17, 15) is 9.90 Å². The van der Waals surface area contributed by atoms with Crippen LogP contribution in [0.1, 0.15) is 29.3 Å². The fourth-order valence-corrected chi connectivity index (χ4v) is 3.61. The van der Waals surface area contributed by atoms with E-state index in [1.54, 1.807) is 0 Å². The number of aliphatic hydroxyl groups excluding tert-OH is 1. The van der Waals surface area contributed by atoms with Crippen molar-refractivity contribution in [2.45, 2.75) is 38.0 Å². The Morgan fingerprint density at radius 3 is 3.09 bits per heavy atom. The number of hydrogen-bond donors (Lipinski definition) is 2. The molecule has 1 amide bonds. The number of carbonyl (C=O) groups excluding carboxylic acids is 1. The van der Waals surface area contributed by atoms with E-state index in [0.717, 1.165) is 36.2 Å². The van der Waals surface area contributed by atoms with Crippen molar-refractivity contribution in [2.24, 2.45) is 5.92 Å². The average Bonchev–Trinajstić information content (AvgIpc) is 3.11. The fourth-order valence-electron chi connectivity index (χ4n) is 3.61. The molecule has 3 unspecified atom stereocenters. The van der Waals surface area contributed by atoms with Crippen LogP contribution in [0.2, 0.25) is 0 Å². The van der Waals surface area contributed by atoms with Gasteiger partial charge in [0.2, 0.25) is 5.91 Å². The summed E-state index contributed by atoms with van der Waals surface area (Å²) in [7, 11) is 0. The van der Waals surface area contributed by atoms with Crippen LogP contribution in [0, 0.1) is 5.92 Å². The zero-order valence-corrected chi connectivity index (χ0v) is 12.3. The first-order chi connectivity index (χ1) is 10.7. The van der Waals surface area contributed by atoms with Crippen molar-refractivity contribution in [1.29, 1.82) is 0 Å². The Morgan fingerprint density at radius 2 is 2.18 bits per heavy atom. The summed E-state index contributed by atoms with van der Waals surface area (Å²) in [5.41, 5.74) is 3.28. The number of aryl methyl sites for hydroxylation is 1. The smallest absolute Gasteiger partial charge is 0.224 e. The second-order valence-corrected chi connectivity index (χ2v) is 6.22. The molecule has 0 saturated heterocycles. The molecule has 1 aliphatic heterocycles. The van der Waals surface area contributed by atoms with Crippen molar-refractivity contribution in [3.05, 3.63) is 53.6 Å². The molecule has 5 heteroatoms. The average molecular weight is 297 g/mol. The monoisotopic (exact) mass is 297 g/mol. The van der Waals surface area contributed by atoms with E-state index in [0.29, 0.717) is 6.42 Å². The van der Waals surface area contributed by atoms with Crippen LogP contribution in [0.15, 0.2) is 36.8 Å². The normalized spacial score (nSPS) is 26.3. The molecule has 0 spiro atoms. The Morgan fingerprint density at radius 1 is 1.32 bits per heavy atom. The molecule has 22 heavy (non-hydrogen) atoms. The predicted molar refractivity (Wildman–Crippen MR) is 81.1 cm³/mol. The topological polar surface area (TPSA) is 67.2 Å². The molecule has 1 aliphatic carbocycles. The molecule has 2 N–H and O–H groups in total. The van der Waals surface area contributed by atoms with Crippen molar-refractivity contribution >= 4 is 5.91 Å². The van der Waals surface area contributed by atoms with Gasteiger partial charge in [-0.05, 0) is 17.5 Å². The van der Waals surface area contributed by atoms with E-state index in [1.165, 1.54) is 0 Å². The molecule has 2 heterocycles. The number of rotatable bonds is 2. The van der Waals surface area contributed by atoms with Crippen LogP contribution < -0.4 is 5.32 Å². The molecule has 3 atom stereocenters. The van der Waals surface area contributed by atoms with Crippen LogP contribution >= 0.6 is 0 Å². The second-order valence-electron chi connectivity index (χ2n) is 6.22. The van der Waals surface area contributed by atoms with E-state index in [-0.39, 0.29) is 17.9 Å². The first-order valence-corrected chi connectivity index (χ1v) is 7.77. The third-order valence-corrected chi connectivity index (χ3v) is 4.85. The van der Waals surface area contributed by atoms with E-state index < -0.39 is 6.10 Å². The van der Waals surface area contributed by atoms with Crippen molar-refractivity contribution in [3.63, 3.8) is 0 Å². The molecule has 0 bridgehead atoms. The Bertz CT molecular complexity index is 709. The highest BCUT2D eigenvalue weighted by Crippen LogP contribution is 2.32. The number of imidazole rings is 1. The van der Waals surface area contributed by atoms with Gasteiger partial charge in [-0.3, -0.25) is 4.79 Å². The second kappa shape index (κ2) is 5.25. The summed E-state index contributed by atoms with van der Waals surface area (Å²) in [5, 5.41) is 13.3. The summed E-state index contributed by atoms with van der Waals surface area (Å²) >= 11 is 0. The lowest BCUT2D eigenvalue weighted by atomic mass is 9.94. The molecule has 0 saturated carbocycles. The Balaban J connectivity index is 1.49. The van der Waals surface area contributed by atoms with Gasteiger partial charge in [0.25, 0.3) is 0 Å². The lowest BCUT2D eigenvalue weighted by Gasteiger charge is -2.26. The van der Waals surface area contributed by atoms with Crippen LogP contribution in [0.25, 0.3) is 0 Å². The highest BCUT2D eigenvalue weighted by molar-refractivity contribution is 5.79. The highest BCUT2D eigenvalue weighted by Gasteiger charge is 2.34. The zero-order valence-electron chi connectivity index (χ0n) is 12.3. The van der Waals surface area contributed by atoms with Crippen LogP contribution in [-0.2, 0) is 24.2 Å². The van der Waals surface area contributed by atoms with Gasteiger partial charge in [-0.1, -0.05) is 24.3 Å². The predicted octanol–water partition coefficient (Wildman–Crippen LogP) is 1.22. The van der Waals surface area contributed by atoms with Crippen LogP contribution in [0.4, 0.5) is 0 Å². The number of amides is 1. The fraction of sp³-hybridized carbons (Fsp3) is 0.412. The number of fused-ring (bicyclic) bond motifs is 2. The molecule has 2 aliphatic rings. The van der Waals surface area contributed by atoms with Gasteiger partial charge in [0, 0.05) is 37.2 Å². The highest BCUT2D eigenvalue weighted by atomic mass is 16.3. The van der Waals surface area contributed by atoms with E-state index in [2.05, 4.69) is 14.9 Å². The van der Waals surface area contributed by atoms with Crippen molar-refractivity contribution < 1.29 is 9.90 Å². The molecular weight excluding hydrogens is 278 g/mol. The SMILES string of the molecule is O=C(NC1c2ccccc2CC1O)C1CCn2cncc2C1. The maximum absolute atomic E-state index is 12.6. The maximum Gasteiger partial charge on any atom is 0.224 e. The van der Waals surface area contributed by atoms with Gasteiger partial charge in [0.15, 0.2) is 0 Å². The van der Waals surface area contributed by atoms with Gasteiger partial charge in [-0.25, -0.2) is 4.98 Å². The van der Waals surface area contributed by atoms with Gasteiger partial charge < -0.3 is 15.0 Å². The summed E-state index contributed by atoms with van der Waals surface area (Å²) in [5.74, 6) is -0.00244. The molecule has 0 fully saturated rings. The first kappa shape index (κ1) is 13.5. The quantitative estimate of drug-likeness (QED) is 0.876. The molecule has 5 nitrogen and oxygen atoms in total. The summed E-state index contributed by atoms with van der Waals surface area (Å²) in [6.07, 6.45) is 5.27. The van der Waals surface area contributed by atoms with Gasteiger partial charge in [0.05, 0.1) is 18.5 Å². The van der Waals surface area contributed by atoms with Gasteiger partial charge >= 0.3 is 0 Å². The van der Waals surface area contributed by atoms with Gasteiger partial charge in [-0.15, -0.1) is 0 Å². The largest absolute Gasteiger partial charge is 0.390 e. The molecular formula is C17H19N3O2. The Labute approximate surface area is 129 Å². The number of nitrogens with zero attached hydrogens (tertiary/aromatic N) is 2. The molecule has 1 aromatic carbocycles. The van der Waals surface area contributed by atoms with Crippen molar-refractivity contribution in [1.82, 2.24) is 14.9 Å². The standard InChI is InChI=1S/C17H19N3O2/c21-15-8-11-3-1-2-4-14(11)16(15)19-17(22)12-5-6-20-10-18-9-13(20)7-12/h1-4,9-10,12,15-16,21H,5-8H2,(H,19,22). The minimum absolute atomic E-state index is 0.0354. The molecule has 0 radical (unpaired) electrons. The lowest BCUT2D eigenvalue weighted by Crippen LogP contribution is -2.40. The minimum Gasteiger partial charge on any atom is -0.390 e. The van der Waals surface area contributed by atoms with Crippen molar-refractivity contribution in [3.8, 4) is 0 Å². The number of aliphatic hydroxyl groups is 1. The Hall–Kier alpha value is -2.14. The molecule has 1 aromatic heterocycles. The van der Waals surface area contributed by atoms with Crippen LogP contribution in [0.3, 0.4) is 0 Å². The number of benzene rings is 1. The number of carbonyl (C=O) groups is 1.